The molecule has 8 aromatic rings. The zero-order valence-corrected chi connectivity index (χ0v) is 22.6. The van der Waals surface area contributed by atoms with Crippen molar-refractivity contribution in [2.24, 2.45) is 0 Å². The van der Waals surface area contributed by atoms with E-state index in [1.807, 2.05) is 36.4 Å². The first-order valence-corrected chi connectivity index (χ1v) is 13.9. The summed E-state index contributed by atoms with van der Waals surface area (Å²) in [5.74, 6) is 2.61. The van der Waals surface area contributed by atoms with Crippen molar-refractivity contribution < 1.29 is 9.47 Å². The molecule has 4 nitrogen and oxygen atoms in total. The molecule has 0 fully saturated rings. The fraction of sp³-hybridized carbons (Fsp3) is 0. The Bertz CT molecular complexity index is 2080. The van der Waals surface area contributed by atoms with Crippen LogP contribution in [-0.4, -0.2) is 9.97 Å². The second-order valence-electron chi connectivity index (χ2n) is 10.3. The number of nitrogens with zero attached hydrogens (tertiary/aromatic N) is 2. The maximum atomic E-state index is 6.48. The minimum absolute atomic E-state index is 0.549. The third kappa shape index (κ3) is 4.27. The number of benzene rings is 6. The van der Waals surface area contributed by atoms with Gasteiger partial charge in [0.1, 0.15) is 11.5 Å². The Hall–Kier alpha value is -5.74. The van der Waals surface area contributed by atoms with Gasteiger partial charge in [0.15, 0.2) is 0 Å². The molecule has 2 aromatic heterocycles. The van der Waals surface area contributed by atoms with E-state index >= 15 is 0 Å². The summed E-state index contributed by atoms with van der Waals surface area (Å²) in [5, 5.41) is 8.87. The molecule has 0 saturated carbocycles. The summed E-state index contributed by atoms with van der Waals surface area (Å²) in [6.45, 7) is 0. The second kappa shape index (κ2) is 10.0. The first kappa shape index (κ1) is 24.1. The average Bonchev–Trinajstić information content (AvgIpc) is 3.05. The summed E-state index contributed by atoms with van der Waals surface area (Å²) in [5.41, 5.74) is 2.04. The van der Waals surface area contributed by atoms with E-state index in [2.05, 4.69) is 107 Å². The van der Waals surface area contributed by atoms with Crippen molar-refractivity contribution in [2.45, 2.75) is 0 Å². The van der Waals surface area contributed by atoms with E-state index in [1.165, 1.54) is 0 Å². The summed E-state index contributed by atoms with van der Waals surface area (Å²) in [7, 11) is 0. The minimum atomic E-state index is 0.549. The van der Waals surface area contributed by atoms with E-state index in [0.29, 0.717) is 11.8 Å². The van der Waals surface area contributed by atoms with Crippen LogP contribution in [0, 0.1) is 0 Å². The van der Waals surface area contributed by atoms with Crippen LogP contribution in [0.4, 0.5) is 0 Å². The second-order valence-corrected chi connectivity index (χ2v) is 10.3. The SMILES string of the molecule is c1ccc(Oc2cc(-c3cc(Oc4ccccn4)c4c(ccc5ccccc54)c3)cc3ccc4ccccc4c23)nc1. The zero-order chi connectivity index (χ0) is 27.9. The van der Waals surface area contributed by atoms with Gasteiger partial charge in [-0.2, -0.15) is 0 Å². The van der Waals surface area contributed by atoms with E-state index < -0.39 is 0 Å². The van der Waals surface area contributed by atoms with Crippen LogP contribution in [0.1, 0.15) is 0 Å². The molecule has 0 spiro atoms. The lowest BCUT2D eigenvalue weighted by atomic mass is 9.93. The van der Waals surface area contributed by atoms with Gasteiger partial charge in [0.2, 0.25) is 11.8 Å². The van der Waals surface area contributed by atoms with Crippen molar-refractivity contribution in [1.82, 2.24) is 9.97 Å². The molecule has 0 bridgehead atoms. The van der Waals surface area contributed by atoms with Gasteiger partial charge in [0.25, 0.3) is 0 Å². The van der Waals surface area contributed by atoms with Gasteiger partial charge in [-0.1, -0.05) is 84.9 Å². The van der Waals surface area contributed by atoms with Crippen LogP contribution >= 0.6 is 0 Å². The Morgan fingerprint density at radius 1 is 0.381 bits per heavy atom. The van der Waals surface area contributed by atoms with Gasteiger partial charge >= 0.3 is 0 Å². The number of rotatable bonds is 5. The maximum absolute atomic E-state index is 6.48. The molecule has 42 heavy (non-hydrogen) atoms. The first-order valence-electron chi connectivity index (χ1n) is 13.9. The quantitative estimate of drug-likeness (QED) is 0.204. The van der Waals surface area contributed by atoms with E-state index in [1.54, 1.807) is 12.4 Å². The van der Waals surface area contributed by atoms with Gasteiger partial charge < -0.3 is 9.47 Å². The van der Waals surface area contributed by atoms with Crippen LogP contribution in [-0.2, 0) is 0 Å². The molecule has 6 aromatic carbocycles. The largest absolute Gasteiger partial charge is 0.438 e. The highest BCUT2D eigenvalue weighted by Crippen LogP contribution is 2.43. The van der Waals surface area contributed by atoms with Gasteiger partial charge in [-0.3, -0.25) is 0 Å². The van der Waals surface area contributed by atoms with Gasteiger partial charge in [-0.15, -0.1) is 0 Å². The molecular formula is C38H24N2O2. The van der Waals surface area contributed by atoms with Crippen molar-refractivity contribution in [3.8, 4) is 34.4 Å². The van der Waals surface area contributed by atoms with Crippen LogP contribution in [0.25, 0.3) is 54.2 Å². The molecule has 0 atom stereocenters. The van der Waals surface area contributed by atoms with Gasteiger partial charge in [0.05, 0.1) is 0 Å². The molecule has 2 heterocycles. The highest BCUT2D eigenvalue weighted by Gasteiger charge is 2.16. The Kier molecular flexibility index (Phi) is 5.75. The van der Waals surface area contributed by atoms with Crippen molar-refractivity contribution in [1.29, 1.82) is 0 Å². The highest BCUT2D eigenvalue weighted by atomic mass is 16.5. The van der Waals surface area contributed by atoms with Gasteiger partial charge in [-0.25, -0.2) is 9.97 Å². The summed E-state index contributed by atoms with van der Waals surface area (Å²) in [6.07, 6.45) is 3.49. The molecule has 0 aliphatic heterocycles. The van der Waals surface area contributed by atoms with Crippen molar-refractivity contribution in [2.75, 3.05) is 0 Å². The molecule has 0 saturated heterocycles. The number of fused-ring (bicyclic) bond motifs is 6. The average molecular weight is 541 g/mol. The lowest BCUT2D eigenvalue weighted by molar-refractivity contribution is 0.468. The Morgan fingerprint density at radius 3 is 1.26 bits per heavy atom. The standard InChI is InChI=1S/C38H24N2O2/c1-3-11-31-25(9-1)15-17-27-21-29(23-33(37(27)31)41-35-13-5-7-19-39-35)30-22-28-18-16-26-10-2-4-12-32(26)38(28)34(24-30)42-36-14-6-8-20-40-36/h1-24H. The summed E-state index contributed by atoms with van der Waals surface area (Å²) in [6, 6.07) is 45.5. The van der Waals surface area contributed by atoms with Crippen LogP contribution in [0.2, 0.25) is 0 Å². The Morgan fingerprint density at radius 2 is 0.810 bits per heavy atom. The van der Waals surface area contributed by atoms with Crippen molar-refractivity contribution in [3.05, 3.63) is 146 Å². The van der Waals surface area contributed by atoms with Crippen LogP contribution < -0.4 is 9.47 Å². The normalized spacial score (nSPS) is 11.3. The molecule has 8 rings (SSSR count). The predicted molar refractivity (Wildman–Crippen MR) is 171 cm³/mol. The van der Waals surface area contributed by atoms with Crippen LogP contribution in [0.15, 0.2) is 146 Å². The first-order chi connectivity index (χ1) is 20.8. The molecule has 0 aliphatic rings. The summed E-state index contributed by atoms with van der Waals surface area (Å²) >= 11 is 0. The predicted octanol–water partition coefficient (Wildman–Crippen LogP) is 10.3. The minimum Gasteiger partial charge on any atom is -0.438 e. The highest BCUT2D eigenvalue weighted by molar-refractivity contribution is 6.14. The molecule has 198 valence electrons. The molecule has 4 heteroatoms. The van der Waals surface area contributed by atoms with E-state index in [4.69, 9.17) is 9.47 Å². The number of hydrogen-bond donors (Lipinski definition) is 0. The fourth-order valence-electron chi connectivity index (χ4n) is 5.75. The molecule has 0 unspecified atom stereocenters. The zero-order valence-electron chi connectivity index (χ0n) is 22.6. The van der Waals surface area contributed by atoms with Crippen LogP contribution in [0.3, 0.4) is 0 Å². The number of hydrogen-bond acceptors (Lipinski definition) is 4. The van der Waals surface area contributed by atoms with Crippen LogP contribution in [0.5, 0.6) is 23.3 Å². The van der Waals surface area contributed by atoms with E-state index in [9.17, 15) is 0 Å². The summed E-state index contributed by atoms with van der Waals surface area (Å²) in [4.78, 5) is 8.89. The molecule has 0 N–H and O–H groups in total. The number of aromatic nitrogens is 2. The lowest BCUT2D eigenvalue weighted by Gasteiger charge is -2.16. The number of ether oxygens (including phenoxy) is 2. The van der Waals surface area contributed by atoms with E-state index in [0.717, 1.165) is 65.7 Å². The topological polar surface area (TPSA) is 44.2 Å². The summed E-state index contributed by atoms with van der Waals surface area (Å²) < 4.78 is 13.0. The Balaban J connectivity index is 1.38. The number of pyridine rings is 2. The lowest BCUT2D eigenvalue weighted by Crippen LogP contribution is -1.93. The maximum Gasteiger partial charge on any atom is 0.219 e. The third-order valence-corrected chi connectivity index (χ3v) is 7.65. The monoisotopic (exact) mass is 540 g/mol. The van der Waals surface area contributed by atoms with Crippen molar-refractivity contribution >= 4 is 43.1 Å². The smallest absolute Gasteiger partial charge is 0.219 e. The molecule has 0 aliphatic carbocycles. The van der Waals surface area contributed by atoms with Gasteiger partial charge in [0, 0.05) is 35.3 Å². The molecule has 0 amide bonds. The van der Waals surface area contributed by atoms with E-state index in [-0.39, 0.29) is 0 Å². The van der Waals surface area contributed by atoms with Crippen molar-refractivity contribution in [3.63, 3.8) is 0 Å². The Labute approximate surface area is 242 Å². The molecule has 0 radical (unpaired) electrons. The molecular weight excluding hydrogens is 516 g/mol. The third-order valence-electron chi connectivity index (χ3n) is 7.65. The fourth-order valence-corrected chi connectivity index (χ4v) is 5.75. The van der Waals surface area contributed by atoms with Gasteiger partial charge in [-0.05, 0) is 79.8 Å².